The van der Waals surface area contributed by atoms with Gasteiger partial charge < -0.3 is 14.2 Å². The minimum Gasteiger partial charge on any atom is -0.373 e. The number of benzene rings is 1. The van der Waals surface area contributed by atoms with Crippen LogP contribution in [-0.2, 0) is 14.2 Å². The largest absolute Gasteiger partial charge is 0.373 e. The summed E-state index contributed by atoms with van der Waals surface area (Å²) >= 11 is 0. The van der Waals surface area contributed by atoms with E-state index in [2.05, 4.69) is 6.92 Å². The molecule has 6 heteroatoms. The van der Waals surface area contributed by atoms with Gasteiger partial charge in [-0.3, -0.25) is 0 Å². The fraction of sp³-hybridized carbons (Fsp3) is 0.750. The van der Waals surface area contributed by atoms with Crippen LogP contribution in [0.5, 0.6) is 0 Å². The molecule has 0 bridgehead atoms. The molecule has 2 aliphatic heterocycles. The highest BCUT2D eigenvalue weighted by atomic mass is 19.2. The second-order valence-corrected chi connectivity index (χ2v) is 9.32. The second kappa shape index (κ2) is 10.0. The van der Waals surface area contributed by atoms with Crippen LogP contribution in [0, 0.1) is 41.1 Å². The first-order valence-electron chi connectivity index (χ1n) is 11.5. The predicted molar refractivity (Wildman–Crippen MR) is 107 cm³/mol. The molecule has 2 atom stereocenters. The Balaban J connectivity index is 1.22. The van der Waals surface area contributed by atoms with E-state index in [9.17, 15) is 13.2 Å². The van der Waals surface area contributed by atoms with Gasteiger partial charge in [0.2, 0.25) is 0 Å². The zero-order valence-electron chi connectivity index (χ0n) is 17.8. The summed E-state index contributed by atoms with van der Waals surface area (Å²) in [5.74, 6) is -1.60. The van der Waals surface area contributed by atoms with E-state index in [0.717, 1.165) is 37.7 Å². The van der Waals surface area contributed by atoms with Crippen LogP contribution < -0.4 is 0 Å². The molecule has 0 N–H and O–H groups in total. The monoisotopic (exact) mass is 426 g/mol. The van der Waals surface area contributed by atoms with Crippen molar-refractivity contribution in [3.05, 3.63) is 35.1 Å². The maximum atomic E-state index is 13.5. The SMILES string of the molecule is CCCC1CCC(C2COC(C3CCC(c4cc(F)c(F)c(F)c4)OC3)OC2)CC1. The summed E-state index contributed by atoms with van der Waals surface area (Å²) in [7, 11) is 0. The summed E-state index contributed by atoms with van der Waals surface area (Å²) in [6, 6.07) is 2.05. The zero-order chi connectivity index (χ0) is 21.1. The Labute approximate surface area is 177 Å². The quantitative estimate of drug-likeness (QED) is 0.527. The van der Waals surface area contributed by atoms with Crippen molar-refractivity contribution in [2.45, 2.75) is 70.7 Å². The lowest BCUT2D eigenvalue weighted by molar-refractivity contribution is -0.248. The standard InChI is InChI=1S/C24H33F3O3/c1-2-3-15-4-6-16(7-5-15)19-13-29-24(30-14-19)17-8-9-22(28-12-17)18-10-20(25)23(27)21(26)11-18/h10-11,15-17,19,22,24H,2-9,12-14H2,1H3. The van der Waals surface area contributed by atoms with Crippen molar-refractivity contribution in [3.63, 3.8) is 0 Å². The van der Waals surface area contributed by atoms with Crippen molar-refractivity contribution in [2.75, 3.05) is 19.8 Å². The van der Waals surface area contributed by atoms with E-state index in [1.165, 1.54) is 38.5 Å². The van der Waals surface area contributed by atoms with E-state index >= 15 is 0 Å². The van der Waals surface area contributed by atoms with Crippen LogP contribution in [0.25, 0.3) is 0 Å². The third-order valence-electron chi connectivity index (χ3n) is 7.28. The molecule has 3 nitrogen and oxygen atoms in total. The van der Waals surface area contributed by atoms with E-state index in [4.69, 9.17) is 14.2 Å². The number of ether oxygens (including phenoxy) is 3. The Morgan fingerprint density at radius 1 is 0.767 bits per heavy atom. The number of rotatable bonds is 5. The van der Waals surface area contributed by atoms with Crippen molar-refractivity contribution in [1.29, 1.82) is 0 Å². The van der Waals surface area contributed by atoms with Crippen LogP contribution in [0.1, 0.15) is 70.0 Å². The Kier molecular flexibility index (Phi) is 7.37. The molecule has 30 heavy (non-hydrogen) atoms. The highest BCUT2D eigenvalue weighted by Gasteiger charge is 2.36. The van der Waals surface area contributed by atoms with Crippen molar-refractivity contribution < 1.29 is 27.4 Å². The van der Waals surface area contributed by atoms with Crippen LogP contribution in [0.4, 0.5) is 13.2 Å². The lowest BCUT2D eigenvalue weighted by Gasteiger charge is -2.41. The van der Waals surface area contributed by atoms with E-state index in [1.54, 1.807) is 0 Å². The highest BCUT2D eigenvalue weighted by molar-refractivity contribution is 5.22. The molecule has 1 aliphatic carbocycles. The summed E-state index contributed by atoms with van der Waals surface area (Å²) < 4.78 is 58.2. The van der Waals surface area contributed by atoms with Crippen molar-refractivity contribution >= 4 is 0 Å². The van der Waals surface area contributed by atoms with Crippen molar-refractivity contribution in [2.24, 2.45) is 23.7 Å². The molecule has 0 radical (unpaired) electrons. The summed E-state index contributed by atoms with van der Waals surface area (Å²) in [6.07, 6.45) is 8.54. The maximum absolute atomic E-state index is 13.5. The summed E-state index contributed by atoms with van der Waals surface area (Å²) in [5, 5.41) is 0. The molecule has 3 aliphatic rings. The molecule has 1 saturated carbocycles. The molecule has 1 aromatic carbocycles. The minimum atomic E-state index is -1.44. The van der Waals surface area contributed by atoms with Gasteiger partial charge in [-0.15, -0.1) is 0 Å². The average Bonchev–Trinajstić information content (AvgIpc) is 2.78. The first kappa shape index (κ1) is 22.1. The molecule has 1 aromatic rings. The first-order valence-corrected chi connectivity index (χ1v) is 11.5. The molecule has 2 heterocycles. The maximum Gasteiger partial charge on any atom is 0.194 e. The normalized spacial score (nSPS) is 35.3. The van der Waals surface area contributed by atoms with Gasteiger partial charge in [0.25, 0.3) is 0 Å². The lowest BCUT2D eigenvalue weighted by Crippen LogP contribution is -2.43. The van der Waals surface area contributed by atoms with E-state index in [-0.39, 0.29) is 12.2 Å². The van der Waals surface area contributed by atoms with E-state index < -0.39 is 23.6 Å². The Morgan fingerprint density at radius 2 is 1.37 bits per heavy atom. The summed E-state index contributed by atoms with van der Waals surface area (Å²) in [6.45, 7) is 4.15. The van der Waals surface area contributed by atoms with Gasteiger partial charge in [0, 0.05) is 11.8 Å². The molecule has 168 valence electrons. The fourth-order valence-corrected chi connectivity index (χ4v) is 5.44. The molecule has 3 fully saturated rings. The van der Waals surface area contributed by atoms with Crippen LogP contribution in [0.2, 0.25) is 0 Å². The number of hydrogen-bond acceptors (Lipinski definition) is 3. The van der Waals surface area contributed by atoms with E-state index in [1.807, 2.05) is 0 Å². The van der Waals surface area contributed by atoms with Gasteiger partial charge in [0.05, 0.1) is 25.9 Å². The third kappa shape index (κ3) is 5.03. The average molecular weight is 427 g/mol. The highest BCUT2D eigenvalue weighted by Crippen LogP contribution is 2.39. The van der Waals surface area contributed by atoms with Gasteiger partial charge >= 0.3 is 0 Å². The molecule has 0 amide bonds. The molecule has 2 unspecified atom stereocenters. The van der Waals surface area contributed by atoms with Crippen molar-refractivity contribution in [1.82, 2.24) is 0 Å². The fourth-order valence-electron chi connectivity index (χ4n) is 5.44. The number of halogens is 3. The Morgan fingerprint density at radius 3 is 1.93 bits per heavy atom. The summed E-state index contributed by atoms with van der Waals surface area (Å²) in [5.41, 5.74) is 0.342. The van der Waals surface area contributed by atoms with Gasteiger partial charge in [-0.1, -0.05) is 32.6 Å². The molecule has 4 rings (SSSR count). The van der Waals surface area contributed by atoms with Crippen LogP contribution in [0.15, 0.2) is 12.1 Å². The lowest BCUT2D eigenvalue weighted by atomic mass is 9.75. The minimum absolute atomic E-state index is 0.109. The summed E-state index contributed by atoms with van der Waals surface area (Å²) in [4.78, 5) is 0. The first-order chi connectivity index (χ1) is 14.5. The molecule has 2 saturated heterocycles. The molecular formula is C24H33F3O3. The van der Waals surface area contributed by atoms with Gasteiger partial charge in [-0.25, -0.2) is 13.2 Å². The van der Waals surface area contributed by atoms with Crippen LogP contribution >= 0.6 is 0 Å². The Bertz CT molecular complexity index is 666. The number of hydrogen-bond donors (Lipinski definition) is 0. The Hall–Kier alpha value is -1.11. The molecule has 0 spiro atoms. The van der Waals surface area contributed by atoms with Gasteiger partial charge in [-0.2, -0.15) is 0 Å². The predicted octanol–water partition coefficient (Wildman–Crippen LogP) is 6.17. The molecule has 0 aromatic heterocycles. The van der Waals surface area contributed by atoms with Gasteiger partial charge in [0.15, 0.2) is 23.7 Å². The van der Waals surface area contributed by atoms with Crippen LogP contribution in [0.3, 0.4) is 0 Å². The zero-order valence-corrected chi connectivity index (χ0v) is 17.8. The van der Waals surface area contributed by atoms with Crippen LogP contribution in [-0.4, -0.2) is 26.1 Å². The van der Waals surface area contributed by atoms with Gasteiger partial charge in [-0.05, 0) is 55.2 Å². The van der Waals surface area contributed by atoms with E-state index in [0.29, 0.717) is 30.4 Å². The smallest absolute Gasteiger partial charge is 0.194 e. The van der Waals surface area contributed by atoms with Crippen molar-refractivity contribution in [3.8, 4) is 0 Å². The third-order valence-corrected chi connectivity index (χ3v) is 7.28. The van der Waals surface area contributed by atoms with Gasteiger partial charge in [0.1, 0.15) is 0 Å². The second-order valence-electron chi connectivity index (χ2n) is 9.32. The topological polar surface area (TPSA) is 27.7 Å². The molecular weight excluding hydrogens is 393 g/mol.